The minimum atomic E-state index is -1.45. The maximum absolute atomic E-state index is 13.4. The monoisotopic (exact) mass is 236 g/mol. The Labute approximate surface area is 96.8 Å². The van der Waals surface area contributed by atoms with Crippen LogP contribution in [0.5, 0.6) is 0 Å². The van der Waals surface area contributed by atoms with Gasteiger partial charge in [0.05, 0.1) is 23.1 Å². The molecule has 0 aliphatic heterocycles. The molecule has 0 fully saturated rings. The van der Waals surface area contributed by atoms with E-state index in [-0.39, 0.29) is 5.69 Å². The summed E-state index contributed by atoms with van der Waals surface area (Å²) in [5.41, 5.74) is 0.361. The van der Waals surface area contributed by atoms with E-state index < -0.39 is 23.3 Å². The van der Waals surface area contributed by atoms with Gasteiger partial charge in [0.2, 0.25) is 0 Å². The molecule has 1 atom stereocenters. The highest BCUT2D eigenvalue weighted by Gasteiger charge is 2.20. The zero-order chi connectivity index (χ0) is 12.4. The fourth-order valence-corrected chi connectivity index (χ4v) is 1.46. The molecular formula is C12H10F2N2O. The Morgan fingerprint density at radius 1 is 1.12 bits per heavy atom. The molecule has 0 radical (unpaired) electrons. The van der Waals surface area contributed by atoms with Crippen LogP contribution in [0.25, 0.3) is 0 Å². The fourth-order valence-electron chi connectivity index (χ4n) is 1.46. The van der Waals surface area contributed by atoms with Crippen molar-refractivity contribution in [2.45, 2.75) is 13.0 Å². The third-order valence-electron chi connectivity index (χ3n) is 2.35. The van der Waals surface area contributed by atoms with Crippen molar-refractivity contribution < 1.29 is 13.9 Å². The number of nitrogens with zero attached hydrogens (tertiary/aromatic N) is 2. The Kier molecular flexibility index (Phi) is 3.10. The molecule has 2 rings (SSSR count). The van der Waals surface area contributed by atoms with Gasteiger partial charge in [0.25, 0.3) is 0 Å². The predicted octanol–water partition coefficient (Wildman–Crippen LogP) is 2.14. The molecule has 1 aromatic heterocycles. The second-order valence-electron chi connectivity index (χ2n) is 3.62. The van der Waals surface area contributed by atoms with E-state index in [4.69, 9.17) is 0 Å². The first-order chi connectivity index (χ1) is 8.09. The van der Waals surface area contributed by atoms with Crippen LogP contribution >= 0.6 is 0 Å². The summed E-state index contributed by atoms with van der Waals surface area (Å²) < 4.78 is 26.8. The second kappa shape index (κ2) is 4.55. The molecule has 17 heavy (non-hydrogen) atoms. The summed E-state index contributed by atoms with van der Waals surface area (Å²) >= 11 is 0. The average molecular weight is 236 g/mol. The maximum atomic E-state index is 13.4. The van der Waals surface area contributed by atoms with Crippen LogP contribution in [0.2, 0.25) is 0 Å². The van der Waals surface area contributed by atoms with Gasteiger partial charge in [-0.15, -0.1) is 0 Å². The van der Waals surface area contributed by atoms with Gasteiger partial charge in [-0.05, 0) is 19.1 Å². The number of aryl methyl sites for hydroxylation is 1. The zero-order valence-electron chi connectivity index (χ0n) is 9.06. The quantitative estimate of drug-likeness (QED) is 0.868. The van der Waals surface area contributed by atoms with Crippen LogP contribution in [-0.2, 0) is 0 Å². The summed E-state index contributed by atoms with van der Waals surface area (Å²) in [5.74, 6) is -1.61. The van der Waals surface area contributed by atoms with E-state index in [9.17, 15) is 13.9 Å². The predicted molar refractivity (Wildman–Crippen MR) is 57.2 cm³/mol. The van der Waals surface area contributed by atoms with Gasteiger partial charge in [-0.3, -0.25) is 9.97 Å². The lowest BCUT2D eigenvalue weighted by atomic mass is 10.1. The van der Waals surface area contributed by atoms with Crippen molar-refractivity contribution in [3.05, 3.63) is 59.2 Å². The van der Waals surface area contributed by atoms with Gasteiger partial charge in [0, 0.05) is 6.20 Å². The van der Waals surface area contributed by atoms with Crippen LogP contribution in [0.15, 0.2) is 30.6 Å². The topological polar surface area (TPSA) is 46.0 Å². The number of benzene rings is 1. The Morgan fingerprint density at radius 3 is 2.29 bits per heavy atom. The summed E-state index contributed by atoms with van der Waals surface area (Å²) in [4.78, 5) is 7.81. The molecule has 1 unspecified atom stereocenters. The minimum Gasteiger partial charge on any atom is -0.382 e. The van der Waals surface area contributed by atoms with Crippen LogP contribution in [0, 0.1) is 18.6 Å². The molecule has 0 spiro atoms. The summed E-state index contributed by atoms with van der Waals surface area (Å²) in [6.07, 6.45) is 1.27. The van der Waals surface area contributed by atoms with Crippen molar-refractivity contribution in [1.82, 2.24) is 9.97 Å². The number of hydrogen-bond acceptors (Lipinski definition) is 3. The second-order valence-corrected chi connectivity index (χ2v) is 3.62. The Bertz CT molecular complexity index is 508. The highest BCUT2D eigenvalue weighted by atomic mass is 19.1. The molecule has 0 amide bonds. The van der Waals surface area contributed by atoms with Gasteiger partial charge < -0.3 is 5.11 Å². The third kappa shape index (κ3) is 2.29. The molecule has 0 aliphatic rings. The molecule has 1 heterocycles. The van der Waals surface area contributed by atoms with Crippen molar-refractivity contribution >= 4 is 0 Å². The van der Waals surface area contributed by atoms with Gasteiger partial charge in [-0.2, -0.15) is 0 Å². The molecule has 88 valence electrons. The highest BCUT2D eigenvalue weighted by molar-refractivity contribution is 5.27. The molecule has 0 saturated carbocycles. The van der Waals surface area contributed by atoms with Crippen LogP contribution in [0.1, 0.15) is 23.1 Å². The number of hydrogen-bond donors (Lipinski definition) is 1. The lowest BCUT2D eigenvalue weighted by Gasteiger charge is -2.11. The first-order valence-electron chi connectivity index (χ1n) is 5.00. The number of aromatic nitrogens is 2. The summed E-state index contributed by atoms with van der Waals surface area (Å²) in [5, 5.41) is 9.86. The minimum absolute atomic E-state index is 0.111. The third-order valence-corrected chi connectivity index (χ3v) is 2.35. The van der Waals surface area contributed by atoms with Crippen molar-refractivity contribution in [2.24, 2.45) is 0 Å². The van der Waals surface area contributed by atoms with Crippen LogP contribution in [0.4, 0.5) is 8.78 Å². The number of rotatable bonds is 2. The SMILES string of the molecule is Cc1cnc(C(O)c2c(F)cccc2F)cn1. The van der Waals surface area contributed by atoms with E-state index in [1.54, 1.807) is 6.92 Å². The van der Waals surface area contributed by atoms with Crippen LogP contribution in [0.3, 0.4) is 0 Å². The van der Waals surface area contributed by atoms with Crippen LogP contribution in [-0.4, -0.2) is 15.1 Å². The van der Waals surface area contributed by atoms with E-state index >= 15 is 0 Å². The van der Waals surface area contributed by atoms with Crippen molar-refractivity contribution in [1.29, 1.82) is 0 Å². The average Bonchev–Trinajstić information content (AvgIpc) is 2.29. The first-order valence-corrected chi connectivity index (χ1v) is 5.00. The number of aliphatic hydroxyl groups is 1. The van der Waals surface area contributed by atoms with Gasteiger partial charge in [0.15, 0.2) is 0 Å². The van der Waals surface area contributed by atoms with E-state index in [1.807, 2.05) is 0 Å². The van der Waals surface area contributed by atoms with Gasteiger partial charge in [-0.1, -0.05) is 6.07 Å². The van der Waals surface area contributed by atoms with Crippen molar-refractivity contribution in [3.8, 4) is 0 Å². The largest absolute Gasteiger partial charge is 0.382 e. The van der Waals surface area contributed by atoms with E-state index in [1.165, 1.54) is 18.5 Å². The Balaban J connectivity index is 2.43. The molecule has 0 aliphatic carbocycles. The summed E-state index contributed by atoms with van der Waals surface area (Å²) in [7, 11) is 0. The maximum Gasteiger partial charge on any atom is 0.132 e. The zero-order valence-corrected chi connectivity index (χ0v) is 9.06. The molecular weight excluding hydrogens is 226 g/mol. The van der Waals surface area contributed by atoms with Crippen molar-refractivity contribution in [2.75, 3.05) is 0 Å². The molecule has 2 aromatic rings. The van der Waals surface area contributed by atoms with E-state index in [0.717, 1.165) is 12.1 Å². The van der Waals surface area contributed by atoms with Gasteiger partial charge in [-0.25, -0.2) is 8.78 Å². The lowest BCUT2D eigenvalue weighted by Crippen LogP contribution is -2.08. The normalized spacial score (nSPS) is 12.5. The van der Waals surface area contributed by atoms with E-state index in [2.05, 4.69) is 9.97 Å². The molecule has 0 saturated heterocycles. The van der Waals surface area contributed by atoms with E-state index in [0.29, 0.717) is 5.69 Å². The number of aliphatic hydroxyl groups excluding tert-OH is 1. The molecule has 1 aromatic carbocycles. The first kappa shape index (κ1) is 11.6. The van der Waals surface area contributed by atoms with Gasteiger partial charge >= 0.3 is 0 Å². The van der Waals surface area contributed by atoms with Crippen LogP contribution < -0.4 is 0 Å². The van der Waals surface area contributed by atoms with Gasteiger partial charge in [0.1, 0.15) is 17.7 Å². The summed E-state index contributed by atoms with van der Waals surface area (Å²) in [6.45, 7) is 1.73. The lowest BCUT2D eigenvalue weighted by molar-refractivity contribution is 0.203. The Hall–Kier alpha value is -1.88. The summed E-state index contributed by atoms with van der Waals surface area (Å²) in [6, 6.07) is 3.41. The fraction of sp³-hybridized carbons (Fsp3) is 0.167. The standard InChI is InChI=1S/C12H10F2N2O/c1-7-5-16-10(6-15-7)12(17)11-8(13)3-2-4-9(11)14/h2-6,12,17H,1H3. The molecule has 1 N–H and O–H groups in total. The molecule has 3 nitrogen and oxygen atoms in total. The molecule has 5 heteroatoms. The highest BCUT2D eigenvalue weighted by Crippen LogP contribution is 2.24. The molecule has 0 bridgehead atoms. The smallest absolute Gasteiger partial charge is 0.132 e. The van der Waals surface area contributed by atoms with Crippen molar-refractivity contribution in [3.63, 3.8) is 0 Å². The Morgan fingerprint density at radius 2 is 1.76 bits per heavy atom. The number of halogens is 2.